The highest BCUT2D eigenvalue weighted by molar-refractivity contribution is 5.80. The molecule has 2 N–H and O–H groups in total. The zero-order valence-electron chi connectivity index (χ0n) is 12.6. The number of likely N-dealkylation sites (tertiary alicyclic amines) is 1. The highest BCUT2D eigenvalue weighted by Crippen LogP contribution is 2.32. The number of rotatable bonds is 3. The summed E-state index contributed by atoms with van der Waals surface area (Å²) >= 11 is 0. The van der Waals surface area contributed by atoms with Gasteiger partial charge in [0.2, 0.25) is 5.91 Å². The maximum absolute atomic E-state index is 12.8. The van der Waals surface area contributed by atoms with Crippen molar-refractivity contribution in [3.63, 3.8) is 0 Å². The molecule has 1 saturated heterocycles. The minimum Gasteiger partial charge on any atom is -0.338 e. The van der Waals surface area contributed by atoms with Gasteiger partial charge in [0, 0.05) is 31.1 Å². The number of carbonyl (C=O) groups is 1. The van der Waals surface area contributed by atoms with E-state index in [1.165, 1.54) is 0 Å². The number of carbonyl (C=O) groups excluding carboxylic acids is 1. The zero-order valence-corrected chi connectivity index (χ0v) is 12.6. The number of hydrogen-bond donors (Lipinski definition) is 1. The molecule has 0 spiro atoms. The third-order valence-corrected chi connectivity index (χ3v) is 4.79. The van der Waals surface area contributed by atoms with Gasteiger partial charge in [0.25, 0.3) is 0 Å². The minimum atomic E-state index is 0.159. The summed E-state index contributed by atoms with van der Waals surface area (Å²) in [5, 5.41) is 0. The van der Waals surface area contributed by atoms with E-state index in [9.17, 15) is 4.79 Å². The van der Waals surface area contributed by atoms with Gasteiger partial charge in [-0.1, -0.05) is 6.92 Å². The van der Waals surface area contributed by atoms with Gasteiger partial charge in [-0.25, -0.2) is 0 Å². The molecule has 2 rings (SSSR count). The topological polar surface area (TPSA) is 49.6 Å². The predicted octanol–water partition coefficient (Wildman–Crippen LogP) is 1.30. The summed E-state index contributed by atoms with van der Waals surface area (Å²) in [5.74, 6) is 1.02. The van der Waals surface area contributed by atoms with Crippen molar-refractivity contribution in [1.29, 1.82) is 0 Å². The molecule has 4 heteroatoms. The van der Waals surface area contributed by atoms with Crippen molar-refractivity contribution in [2.45, 2.75) is 51.1 Å². The van der Waals surface area contributed by atoms with Gasteiger partial charge in [-0.15, -0.1) is 0 Å². The van der Waals surface area contributed by atoms with E-state index in [4.69, 9.17) is 5.73 Å². The quantitative estimate of drug-likeness (QED) is 0.838. The van der Waals surface area contributed by atoms with Crippen LogP contribution < -0.4 is 5.73 Å². The summed E-state index contributed by atoms with van der Waals surface area (Å²) in [6.45, 7) is 4.14. The Morgan fingerprint density at radius 2 is 2.05 bits per heavy atom. The number of hydrogen-bond acceptors (Lipinski definition) is 3. The Balaban J connectivity index is 2.01. The predicted molar refractivity (Wildman–Crippen MR) is 77.8 cm³/mol. The summed E-state index contributed by atoms with van der Waals surface area (Å²) < 4.78 is 0. The van der Waals surface area contributed by atoms with Crippen molar-refractivity contribution in [1.82, 2.24) is 9.80 Å². The van der Waals surface area contributed by atoms with Crippen LogP contribution in [0.25, 0.3) is 0 Å². The molecule has 110 valence electrons. The Morgan fingerprint density at radius 3 is 2.74 bits per heavy atom. The Kier molecular flexibility index (Phi) is 4.85. The van der Waals surface area contributed by atoms with Crippen LogP contribution in [0.5, 0.6) is 0 Å². The Hall–Kier alpha value is -0.610. The van der Waals surface area contributed by atoms with Crippen LogP contribution in [-0.2, 0) is 4.79 Å². The van der Waals surface area contributed by atoms with Crippen molar-refractivity contribution >= 4 is 5.91 Å². The maximum Gasteiger partial charge on any atom is 0.226 e. The van der Waals surface area contributed by atoms with Gasteiger partial charge in [-0.05, 0) is 52.1 Å². The van der Waals surface area contributed by atoms with E-state index in [1.807, 2.05) is 0 Å². The molecule has 1 saturated carbocycles. The normalized spacial score (nSPS) is 35.9. The standard InChI is InChI=1S/C15H29N3O/c1-11-6-7-12(16)9-14(11)15(19)18-8-4-5-13(18)10-17(2)3/h11-14H,4-10,16H2,1-3H3. The van der Waals surface area contributed by atoms with E-state index >= 15 is 0 Å². The third kappa shape index (κ3) is 3.48. The maximum atomic E-state index is 12.8. The van der Waals surface area contributed by atoms with Crippen LogP contribution in [0.15, 0.2) is 0 Å². The summed E-state index contributed by atoms with van der Waals surface area (Å²) in [4.78, 5) is 17.1. The highest BCUT2D eigenvalue weighted by Gasteiger charge is 2.38. The van der Waals surface area contributed by atoms with Crippen LogP contribution in [0.4, 0.5) is 0 Å². The van der Waals surface area contributed by atoms with E-state index < -0.39 is 0 Å². The SMILES string of the molecule is CC1CCC(N)CC1C(=O)N1CCCC1CN(C)C. The van der Waals surface area contributed by atoms with E-state index in [0.29, 0.717) is 17.9 Å². The molecule has 4 nitrogen and oxygen atoms in total. The first-order valence-electron chi connectivity index (χ1n) is 7.69. The molecule has 1 aliphatic carbocycles. The fourth-order valence-electron chi connectivity index (χ4n) is 3.65. The van der Waals surface area contributed by atoms with E-state index in [1.54, 1.807) is 0 Å². The van der Waals surface area contributed by atoms with E-state index in [2.05, 4.69) is 30.8 Å². The summed E-state index contributed by atoms with van der Waals surface area (Å²) in [7, 11) is 4.17. The molecule has 0 bridgehead atoms. The average Bonchev–Trinajstić information content (AvgIpc) is 2.78. The van der Waals surface area contributed by atoms with Gasteiger partial charge < -0.3 is 15.5 Å². The molecule has 0 aromatic heterocycles. The number of amides is 1. The van der Waals surface area contributed by atoms with Crippen molar-refractivity contribution in [3.8, 4) is 0 Å². The number of likely N-dealkylation sites (N-methyl/N-ethyl adjacent to an activating group) is 1. The molecule has 1 amide bonds. The second-order valence-electron chi connectivity index (χ2n) is 6.75. The fourth-order valence-corrected chi connectivity index (χ4v) is 3.65. The average molecular weight is 267 g/mol. The van der Waals surface area contributed by atoms with Gasteiger partial charge in [0.15, 0.2) is 0 Å². The summed E-state index contributed by atoms with van der Waals surface area (Å²) in [6, 6.07) is 0.632. The first-order chi connectivity index (χ1) is 8.99. The summed E-state index contributed by atoms with van der Waals surface area (Å²) in [6.07, 6.45) is 5.36. The highest BCUT2D eigenvalue weighted by atomic mass is 16.2. The van der Waals surface area contributed by atoms with Crippen molar-refractivity contribution in [2.24, 2.45) is 17.6 Å². The second-order valence-corrected chi connectivity index (χ2v) is 6.75. The van der Waals surface area contributed by atoms with Gasteiger partial charge in [-0.2, -0.15) is 0 Å². The molecule has 4 unspecified atom stereocenters. The molecule has 2 aliphatic rings. The molecule has 2 fully saturated rings. The number of nitrogens with two attached hydrogens (primary N) is 1. The van der Waals surface area contributed by atoms with Crippen LogP contribution in [0, 0.1) is 11.8 Å². The van der Waals surface area contributed by atoms with Gasteiger partial charge >= 0.3 is 0 Å². The fraction of sp³-hybridized carbons (Fsp3) is 0.933. The smallest absolute Gasteiger partial charge is 0.226 e. The monoisotopic (exact) mass is 267 g/mol. The van der Waals surface area contributed by atoms with Gasteiger partial charge in [-0.3, -0.25) is 4.79 Å². The van der Waals surface area contributed by atoms with Crippen LogP contribution in [-0.4, -0.2) is 55.0 Å². The molecular weight excluding hydrogens is 238 g/mol. The van der Waals surface area contributed by atoms with Gasteiger partial charge in [0.05, 0.1) is 0 Å². The molecule has 1 aliphatic heterocycles. The van der Waals surface area contributed by atoms with Gasteiger partial charge in [0.1, 0.15) is 0 Å². The van der Waals surface area contributed by atoms with Crippen molar-refractivity contribution < 1.29 is 4.79 Å². The molecule has 19 heavy (non-hydrogen) atoms. The van der Waals surface area contributed by atoms with Crippen molar-refractivity contribution in [2.75, 3.05) is 27.2 Å². The molecule has 4 atom stereocenters. The van der Waals surface area contributed by atoms with Crippen LogP contribution in [0.1, 0.15) is 39.0 Å². The summed E-state index contributed by atoms with van der Waals surface area (Å²) in [5.41, 5.74) is 6.06. The Labute approximate surface area is 117 Å². The lowest BCUT2D eigenvalue weighted by molar-refractivity contribution is -0.139. The van der Waals surface area contributed by atoms with E-state index in [-0.39, 0.29) is 12.0 Å². The second kappa shape index (κ2) is 6.23. The van der Waals surface area contributed by atoms with E-state index in [0.717, 1.165) is 45.2 Å². The van der Waals surface area contributed by atoms with Crippen LogP contribution in [0.3, 0.4) is 0 Å². The third-order valence-electron chi connectivity index (χ3n) is 4.79. The van der Waals surface area contributed by atoms with Crippen LogP contribution in [0.2, 0.25) is 0 Å². The lowest BCUT2D eigenvalue weighted by Crippen LogP contribution is -2.47. The largest absolute Gasteiger partial charge is 0.338 e. The Bertz CT molecular complexity index is 319. The first kappa shape index (κ1) is 14.8. The molecular formula is C15H29N3O. The molecule has 0 radical (unpaired) electrons. The van der Waals surface area contributed by atoms with Crippen LogP contribution >= 0.6 is 0 Å². The lowest BCUT2D eigenvalue weighted by atomic mass is 9.77. The molecule has 0 aromatic rings. The molecule has 0 aromatic carbocycles. The lowest BCUT2D eigenvalue weighted by Gasteiger charge is -2.36. The number of nitrogens with zero attached hydrogens (tertiary/aromatic N) is 2. The first-order valence-corrected chi connectivity index (χ1v) is 7.69. The van der Waals surface area contributed by atoms with Crippen molar-refractivity contribution in [3.05, 3.63) is 0 Å². The molecule has 1 heterocycles. The zero-order chi connectivity index (χ0) is 14.0. The Morgan fingerprint density at radius 1 is 1.32 bits per heavy atom. The minimum absolute atomic E-state index is 0.159.